The van der Waals surface area contributed by atoms with Gasteiger partial charge in [-0.1, -0.05) is 24.3 Å². The Morgan fingerprint density at radius 1 is 1.04 bits per heavy atom. The molecule has 0 radical (unpaired) electrons. The van der Waals surface area contributed by atoms with Gasteiger partial charge in [0.1, 0.15) is 5.75 Å². The molecule has 2 N–H and O–H groups in total. The summed E-state index contributed by atoms with van der Waals surface area (Å²) in [5.74, 6) is 0.977. The number of para-hydroxylation sites is 2. The van der Waals surface area contributed by atoms with Gasteiger partial charge in [0.25, 0.3) is 5.91 Å². The van der Waals surface area contributed by atoms with Crippen molar-refractivity contribution in [1.29, 1.82) is 0 Å². The minimum absolute atomic E-state index is 0.0383. The van der Waals surface area contributed by atoms with Gasteiger partial charge < -0.3 is 19.8 Å². The van der Waals surface area contributed by atoms with Crippen molar-refractivity contribution in [2.24, 2.45) is 0 Å². The molecule has 0 saturated carbocycles. The maximum atomic E-state index is 12.3. The molecule has 3 rings (SSSR count). The number of phenols is 2. The molecule has 1 aliphatic heterocycles. The van der Waals surface area contributed by atoms with Crippen LogP contribution in [0.15, 0.2) is 48.5 Å². The first-order valence-corrected chi connectivity index (χ1v) is 8.11. The van der Waals surface area contributed by atoms with Crippen LogP contribution in [0.1, 0.15) is 24.3 Å². The highest BCUT2D eigenvalue weighted by Gasteiger charge is 2.24. The number of phenolic OH excluding ortho intramolecular Hbond substituents is 2. The van der Waals surface area contributed by atoms with Gasteiger partial charge in [-0.15, -0.1) is 0 Å². The average Bonchev–Trinajstić information content (AvgIpc) is 2.62. The van der Waals surface area contributed by atoms with Crippen LogP contribution in [0.3, 0.4) is 0 Å². The predicted octanol–water partition coefficient (Wildman–Crippen LogP) is 2.88. The second-order valence-electron chi connectivity index (χ2n) is 6.00. The van der Waals surface area contributed by atoms with E-state index in [0.717, 1.165) is 12.8 Å². The van der Waals surface area contributed by atoms with Crippen LogP contribution < -0.4 is 4.74 Å². The first kappa shape index (κ1) is 16.2. The molecule has 1 saturated heterocycles. The molecular formula is C19H21NO4. The Balaban J connectivity index is 1.50. The van der Waals surface area contributed by atoms with E-state index in [9.17, 15) is 15.0 Å². The summed E-state index contributed by atoms with van der Waals surface area (Å²) in [7, 11) is 0. The summed E-state index contributed by atoms with van der Waals surface area (Å²) in [6.45, 7) is 1.31. The topological polar surface area (TPSA) is 70.0 Å². The molecule has 0 bridgehead atoms. The van der Waals surface area contributed by atoms with Gasteiger partial charge in [0.05, 0.1) is 0 Å². The predicted molar refractivity (Wildman–Crippen MR) is 90.3 cm³/mol. The number of hydrogen-bond donors (Lipinski definition) is 2. The zero-order valence-electron chi connectivity index (χ0n) is 13.4. The minimum atomic E-state index is -0.0680. The van der Waals surface area contributed by atoms with Crippen LogP contribution in [-0.4, -0.2) is 40.7 Å². The molecule has 0 aliphatic carbocycles. The molecule has 2 aromatic rings. The van der Waals surface area contributed by atoms with Crippen molar-refractivity contribution in [3.05, 3.63) is 54.1 Å². The van der Waals surface area contributed by atoms with Crippen LogP contribution in [-0.2, 0) is 4.79 Å². The Labute approximate surface area is 141 Å². The molecule has 0 unspecified atom stereocenters. The van der Waals surface area contributed by atoms with Gasteiger partial charge in [0.15, 0.2) is 18.1 Å². The number of carbonyl (C=O) groups is 1. The van der Waals surface area contributed by atoms with E-state index in [1.807, 2.05) is 12.1 Å². The SMILES string of the molecule is O=C(COc1ccccc1O)N1CCC(c2ccc(O)cc2)CC1. The zero-order chi connectivity index (χ0) is 16.9. The molecule has 2 aromatic carbocycles. The third-order valence-corrected chi connectivity index (χ3v) is 4.43. The van der Waals surface area contributed by atoms with Crippen molar-refractivity contribution in [3.8, 4) is 17.2 Å². The normalized spacial score (nSPS) is 15.2. The molecule has 1 fully saturated rings. The van der Waals surface area contributed by atoms with Crippen LogP contribution in [0, 0.1) is 0 Å². The standard InChI is InChI=1S/C19H21NO4/c21-16-7-5-14(6-8-16)15-9-11-20(12-10-15)19(23)13-24-18-4-2-1-3-17(18)22/h1-8,15,21-22H,9-13H2. The third-order valence-electron chi connectivity index (χ3n) is 4.43. The van der Waals surface area contributed by atoms with Crippen molar-refractivity contribution >= 4 is 5.91 Å². The van der Waals surface area contributed by atoms with Gasteiger partial charge in [-0.25, -0.2) is 0 Å². The van der Waals surface area contributed by atoms with E-state index in [-0.39, 0.29) is 24.0 Å². The van der Waals surface area contributed by atoms with Crippen LogP contribution in [0.5, 0.6) is 17.2 Å². The second-order valence-corrected chi connectivity index (χ2v) is 6.00. The zero-order valence-corrected chi connectivity index (χ0v) is 13.4. The van der Waals surface area contributed by atoms with Crippen LogP contribution in [0.4, 0.5) is 0 Å². The lowest BCUT2D eigenvalue weighted by molar-refractivity contribution is -0.134. The summed E-state index contributed by atoms with van der Waals surface area (Å²) in [6.07, 6.45) is 1.79. The largest absolute Gasteiger partial charge is 0.508 e. The first-order valence-electron chi connectivity index (χ1n) is 8.11. The van der Waals surface area contributed by atoms with Gasteiger partial charge in [0, 0.05) is 13.1 Å². The average molecular weight is 327 g/mol. The second kappa shape index (κ2) is 7.25. The van der Waals surface area contributed by atoms with Crippen molar-refractivity contribution in [2.45, 2.75) is 18.8 Å². The van der Waals surface area contributed by atoms with Crippen molar-refractivity contribution in [2.75, 3.05) is 19.7 Å². The van der Waals surface area contributed by atoms with Crippen molar-refractivity contribution < 1.29 is 19.7 Å². The smallest absolute Gasteiger partial charge is 0.260 e. The van der Waals surface area contributed by atoms with Crippen LogP contribution in [0.25, 0.3) is 0 Å². The maximum absolute atomic E-state index is 12.3. The third kappa shape index (κ3) is 3.79. The number of carbonyl (C=O) groups excluding carboxylic acids is 1. The monoisotopic (exact) mass is 327 g/mol. The van der Waals surface area contributed by atoms with E-state index >= 15 is 0 Å². The van der Waals surface area contributed by atoms with E-state index in [4.69, 9.17) is 4.74 Å². The molecule has 1 aliphatic rings. The van der Waals surface area contributed by atoms with E-state index in [1.165, 1.54) is 11.6 Å². The molecule has 0 spiro atoms. The van der Waals surface area contributed by atoms with Gasteiger partial charge in [-0.2, -0.15) is 0 Å². The number of piperidine rings is 1. The molecule has 1 amide bonds. The lowest BCUT2D eigenvalue weighted by atomic mass is 9.89. The summed E-state index contributed by atoms with van der Waals surface area (Å²) < 4.78 is 5.41. The number of likely N-dealkylation sites (tertiary alicyclic amines) is 1. The van der Waals surface area contributed by atoms with Gasteiger partial charge in [-0.3, -0.25) is 4.79 Å². The highest BCUT2D eigenvalue weighted by molar-refractivity contribution is 5.78. The Kier molecular flexibility index (Phi) is 4.89. The van der Waals surface area contributed by atoms with E-state index in [2.05, 4.69) is 0 Å². The number of ether oxygens (including phenoxy) is 1. The quantitative estimate of drug-likeness (QED) is 0.906. The number of rotatable bonds is 4. The highest BCUT2D eigenvalue weighted by Crippen LogP contribution is 2.29. The van der Waals surface area contributed by atoms with E-state index in [0.29, 0.717) is 24.8 Å². The van der Waals surface area contributed by atoms with Crippen molar-refractivity contribution in [3.63, 3.8) is 0 Å². The molecule has 5 nitrogen and oxygen atoms in total. The lowest BCUT2D eigenvalue weighted by Crippen LogP contribution is -2.40. The summed E-state index contributed by atoms with van der Waals surface area (Å²) in [4.78, 5) is 14.1. The number of benzene rings is 2. The molecule has 0 atom stereocenters. The molecule has 1 heterocycles. The molecule has 126 valence electrons. The summed E-state index contributed by atoms with van der Waals surface area (Å²) in [5, 5.41) is 19.0. The number of hydrogen-bond acceptors (Lipinski definition) is 4. The maximum Gasteiger partial charge on any atom is 0.260 e. The van der Waals surface area contributed by atoms with Crippen molar-refractivity contribution in [1.82, 2.24) is 4.90 Å². The summed E-state index contributed by atoms with van der Waals surface area (Å²) in [5.41, 5.74) is 1.20. The summed E-state index contributed by atoms with van der Waals surface area (Å²) in [6, 6.07) is 13.9. The number of amides is 1. The Morgan fingerprint density at radius 2 is 1.71 bits per heavy atom. The van der Waals surface area contributed by atoms with Gasteiger partial charge >= 0.3 is 0 Å². The fourth-order valence-corrected chi connectivity index (χ4v) is 3.02. The number of aromatic hydroxyl groups is 2. The molecular weight excluding hydrogens is 306 g/mol. The van der Waals surface area contributed by atoms with Gasteiger partial charge in [0.2, 0.25) is 0 Å². The van der Waals surface area contributed by atoms with Crippen LogP contribution >= 0.6 is 0 Å². The number of nitrogens with zero attached hydrogens (tertiary/aromatic N) is 1. The van der Waals surface area contributed by atoms with E-state index < -0.39 is 0 Å². The van der Waals surface area contributed by atoms with E-state index in [1.54, 1.807) is 35.2 Å². The van der Waals surface area contributed by atoms with Crippen LogP contribution in [0.2, 0.25) is 0 Å². The van der Waals surface area contributed by atoms with Gasteiger partial charge in [-0.05, 0) is 48.6 Å². The molecule has 5 heteroatoms. The fraction of sp³-hybridized carbons (Fsp3) is 0.316. The Morgan fingerprint density at radius 3 is 2.38 bits per heavy atom. The fourth-order valence-electron chi connectivity index (χ4n) is 3.02. The lowest BCUT2D eigenvalue weighted by Gasteiger charge is -2.32. The Bertz CT molecular complexity index is 691. The molecule has 0 aromatic heterocycles. The highest BCUT2D eigenvalue weighted by atomic mass is 16.5. The first-order chi connectivity index (χ1) is 11.6. The summed E-state index contributed by atoms with van der Waals surface area (Å²) >= 11 is 0. The minimum Gasteiger partial charge on any atom is -0.508 e. The Hall–Kier alpha value is -2.69. The molecule has 24 heavy (non-hydrogen) atoms.